The fraction of sp³-hybridized carbons (Fsp3) is 0.467. The molecule has 0 aliphatic carbocycles. The van der Waals surface area contributed by atoms with E-state index in [0.29, 0.717) is 11.3 Å². The maximum Gasteiger partial charge on any atom is 0.336 e. The summed E-state index contributed by atoms with van der Waals surface area (Å²) in [5.41, 5.74) is 1.44. The minimum Gasteiger partial charge on any atom is -0.478 e. The Balaban J connectivity index is 2.74. The first kappa shape index (κ1) is 15.2. The zero-order valence-corrected chi connectivity index (χ0v) is 11.7. The number of hydrogen-bond donors (Lipinski definition) is 2. The van der Waals surface area contributed by atoms with Crippen molar-refractivity contribution in [3.8, 4) is 0 Å². The standard InChI is InChI=1S/C15H21NO3/c1-4-5-6-11(3)14(17)16-12-8-7-10(2)13(9-12)15(18)19/h7-9,11H,4-6H2,1-3H3,(H,16,17)(H,18,19). The summed E-state index contributed by atoms with van der Waals surface area (Å²) >= 11 is 0. The fourth-order valence-corrected chi connectivity index (χ4v) is 1.84. The molecule has 1 aromatic carbocycles. The average Bonchev–Trinajstić information content (AvgIpc) is 2.37. The van der Waals surface area contributed by atoms with Gasteiger partial charge >= 0.3 is 5.97 Å². The number of hydrogen-bond acceptors (Lipinski definition) is 2. The topological polar surface area (TPSA) is 66.4 Å². The molecule has 0 heterocycles. The van der Waals surface area contributed by atoms with Gasteiger partial charge in [0.1, 0.15) is 0 Å². The molecular formula is C15H21NO3. The zero-order valence-electron chi connectivity index (χ0n) is 11.7. The van der Waals surface area contributed by atoms with Gasteiger partial charge in [0.25, 0.3) is 0 Å². The van der Waals surface area contributed by atoms with E-state index in [2.05, 4.69) is 12.2 Å². The Morgan fingerprint density at radius 3 is 2.63 bits per heavy atom. The molecule has 0 spiro atoms. The van der Waals surface area contributed by atoms with Crippen molar-refractivity contribution in [2.45, 2.75) is 40.0 Å². The predicted molar refractivity (Wildman–Crippen MR) is 75.5 cm³/mol. The highest BCUT2D eigenvalue weighted by Crippen LogP contribution is 2.17. The summed E-state index contributed by atoms with van der Waals surface area (Å²) in [7, 11) is 0. The molecule has 1 rings (SSSR count). The molecule has 1 atom stereocenters. The van der Waals surface area contributed by atoms with Crippen LogP contribution in [0.15, 0.2) is 18.2 Å². The van der Waals surface area contributed by atoms with Crippen LogP contribution >= 0.6 is 0 Å². The third-order valence-electron chi connectivity index (χ3n) is 3.17. The highest BCUT2D eigenvalue weighted by atomic mass is 16.4. The molecule has 0 aliphatic rings. The second-order valence-electron chi connectivity index (χ2n) is 4.87. The van der Waals surface area contributed by atoms with Crippen LogP contribution in [0.2, 0.25) is 0 Å². The van der Waals surface area contributed by atoms with Crippen LogP contribution in [0.25, 0.3) is 0 Å². The lowest BCUT2D eigenvalue weighted by Gasteiger charge is -2.12. The molecule has 0 bridgehead atoms. The van der Waals surface area contributed by atoms with Crippen molar-refractivity contribution in [2.75, 3.05) is 5.32 Å². The smallest absolute Gasteiger partial charge is 0.336 e. The molecule has 0 saturated carbocycles. The van der Waals surface area contributed by atoms with E-state index in [0.717, 1.165) is 19.3 Å². The second kappa shape index (κ2) is 6.92. The molecule has 1 aromatic rings. The van der Waals surface area contributed by atoms with Crippen LogP contribution in [0.3, 0.4) is 0 Å². The van der Waals surface area contributed by atoms with E-state index < -0.39 is 5.97 Å². The highest BCUT2D eigenvalue weighted by Gasteiger charge is 2.14. The van der Waals surface area contributed by atoms with Gasteiger partial charge in [0, 0.05) is 11.6 Å². The van der Waals surface area contributed by atoms with E-state index in [1.54, 1.807) is 19.1 Å². The van der Waals surface area contributed by atoms with Gasteiger partial charge in [0.2, 0.25) is 5.91 Å². The lowest BCUT2D eigenvalue weighted by atomic mass is 10.0. The first-order valence-electron chi connectivity index (χ1n) is 6.60. The number of carbonyl (C=O) groups excluding carboxylic acids is 1. The van der Waals surface area contributed by atoms with Gasteiger partial charge in [-0.2, -0.15) is 0 Å². The van der Waals surface area contributed by atoms with Crippen molar-refractivity contribution in [3.05, 3.63) is 29.3 Å². The summed E-state index contributed by atoms with van der Waals surface area (Å²) in [5.74, 6) is -1.10. The van der Waals surface area contributed by atoms with Crippen LogP contribution in [0.1, 0.15) is 49.0 Å². The lowest BCUT2D eigenvalue weighted by Crippen LogP contribution is -2.20. The monoisotopic (exact) mass is 263 g/mol. The molecule has 0 aromatic heterocycles. The third-order valence-corrected chi connectivity index (χ3v) is 3.17. The number of amides is 1. The number of carboxylic acids is 1. The molecule has 2 N–H and O–H groups in total. The van der Waals surface area contributed by atoms with Crippen LogP contribution < -0.4 is 5.32 Å². The molecule has 0 aliphatic heterocycles. The number of rotatable bonds is 6. The quantitative estimate of drug-likeness (QED) is 0.826. The van der Waals surface area contributed by atoms with E-state index in [4.69, 9.17) is 5.11 Å². The molecule has 1 amide bonds. The summed E-state index contributed by atoms with van der Waals surface area (Å²) in [4.78, 5) is 22.9. The zero-order chi connectivity index (χ0) is 14.4. The van der Waals surface area contributed by atoms with Gasteiger partial charge in [-0.3, -0.25) is 4.79 Å². The highest BCUT2D eigenvalue weighted by molar-refractivity contribution is 5.95. The lowest BCUT2D eigenvalue weighted by molar-refractivity contribution is -0.119. The number of anilines is 1. The molecule has 104 valence electrons. The first-order valence-corrected chi connectivity index (χ1v) is 6.60. The maximum absolute atomic E-state index is 11.9. The largest absolute Gasteiger partial charge is 0.478 e. The SMILES string of the molecule is CCCCC(C)C(=O)Nc1ccc(C)c(C(=O)O)c1. The summed E-state index contributed by atoms with van der Waals surface area (Å²) in [5, 5.41) is 11.8. The Morgan fingerprint density at radius 1 is 1.37 bits per heavy atom. The fourth-order valence-electron chi connectivity index (χ4n) is 1.84. The second-order valence-corrected chi connectivity index (χ2v) is 4.87. The summed E-state index contributed by atoms with van der Waals surface area (Å²) < 4.78 is 0. The van der Waals surface area contributed by atoms with Gasteiger partial charge in [-0.1, -0.05) is 32.8 Å². The van der Waals surface area contributed by atoms with Crippen molar-refractivity contribution in [1.82, 2.24) is 0 Å². The number of carbonyl (C=O) groups is 2. The maximum atomic E-state index is 11.9. The minimum absolute atomic E-state index is 0.0606. The Labute approximate surface area is 113 Å². The van der Waals surface area contributed by atoms with Gasteiger partial charge in [-0.05, 0) is 31.0 Å². The Bertz CT molecular complexity index is 468. The molecule has 0 fully saturated rings. The summed E-state index contributed by atoms with van der Waals surface area (Å²) in [6, 6.07) is 4.93. The summed E-state index contributed by atoms with van der Waals surface area (Å²) in [6.45, 7) is 5.71. The van der Waals surface area contributed by atoms with Crippen molar-refractivity contribution >= 4 is 17.6 Å². The molecule has 1 unspecified atom stereocenters. The van der Waals surface area contributed by atoms with E-state index in [-0.39, 0.29) is 17.4 Å². The number of benzene rings is 1. The van der Waals surface area contributed by atoms with Gasteiger partial charge in [-0.25, -0.2) is 4.79 Å². The van der Waals surface area contributed by atoms with E-state index in [9.17, 15) is 9.59 Å². The third kappa shape index (κ3) is 4.39. The molecular weight excluding hydrogens is 242 g/mol. The van der Waals surface area contributed by atoms with Crippen LogP contribution in [0.5, 0.6) is 0 Å². The van der Waals surface area contributed by atoms with E-state index in [1.807, 2.05) is 6.92 Å². The molecule has 0 radical (unpaired) electrons. The van der Waals surface area contributed by atoms with Gasteiger partial charge < -0.3 is 10.4 Å². The molecule has 0 saturated heterocycles. The Hall–Kier alpha value is -1.84. The first-order chi connectivity index (χ1) is 8.95. The van der Waals surface area contributed by atoms with Crippen molar-refractivity contribution in [1.29, 1.82) is 0 Å². The van der Waals surface area contributed by atoms with E-state index >= 15 is 0 Å². The number of unbranched alkanes of at least 4 members (excludes halogenated alkanes) is 1. The number of aromatic carboxylic acids is 1. The van der Waals surface area contributed by atoms with Gasteiger partial charge in [0.15, 0.2) is 0 Å². The van der Waals surface area contributed by atoms with E-state index in [1.165, 1.54) is 6.07 Å². The van der Waals surface area contributed by atoms with Crippen LogP contribution in [-0.2, 0) is 4.79 Å². The van der Waals surface area contributed by atoms with Crippen LogP contribution in [0.4, 0.5) is 5.69 Å². The minimum atomic E-state index is -0.979. The van der Waals surface area contributed by atoms with Crippen molar-refractivity contribution < 1.29 is 14.7 Å². The predicted octanol–water partition coefficient (Wildman–Crippen LogP) is 3.46. The molecule has 4 nitrogen and oxygen atoms in total. The van der Waals surface area contributed by atoms with Gasteiger partial charge in [0.05, 0.1) is 5.56 Å². The van der Waals surface area contributed by atoms with Crippen molar-refractivity contribution in [3.63, 3.8) is 0 Å². The Kier molecular flexibility index (Phi) is 5.55. The average molecular weight is 263 g/mol. The number of aryl methyl sites for hydroxylation is 1. The van der Waals surface area contributed by atoms with Crippen molar-refractivity contribution in [2.24, 2.45) is 5.92 Å². The molecule has 19 heavy (non-hydrogen) atoms. The van der Waals surface area contributed by atoms with Gasteiger partial charge in [-0.15, -0.1) is 0 Å². The number of nitrogens with one attached hydrogen (secondary N) is 1. The molecule has 4 heteroatoms. The van der Waals surface area contributed by atoms with Crippen LogP contribution in [0, 0.1) is 12.8 Å². The number of carboxylic acid groups (broad SMARTS) is 1. The Morgan fingerprint density at radius 2 is 2.05 bits per heavy atom. The normalized spacial score (nSPS) is 11.9. The summed E-state index contributed by atoms with van der Waals surface area (Å²) in [6.07, 6.45) is 2.92. The van der Waals surface area contributed by atoms with Crippen LogP contribution in [-0.4, -0.2) is 17.0 Å².